The van der Waals surface area contributed by atoms with E-state index < -0.39 is 35.0 Å². The van der Waals surface area contributed by atoms with Crippen LogP contribution in [-0.4, -0.2) is 142 Å². The van der Waals surface area contributed by atoms with Crippen LogP contribution in [0, 0.1) is 29.4 Å². The van der Waals surface area contributed by atoms with Crippen molar-refractivity contribution in [3.63, 3.8) is 0 Å². The van der Waals surface area contributed by atoms with Gasteiger partial charge in [0.2, 0.25) is 17.7 Å². The third kappa shape index (κ3) is 11.2. The van der Waals surface area contributed by atoms with E-state index >= 15 is 8.78 Å². The Morgan fingerprint density at radius 3 is 2.21 bits per heavy atom. The zero-order valence-electron chi connectivity index (χ0n) is 43.6. The first kappa shape index (κ1) is 52.0. The van der Waals surface area contributed by atoms with Crippen molar-refractivity contribution in [1.82, 2.24) is 40.4 Å². The summed E-state index contributed by atoms with van der Waals surface area (Å²) in [5.41, 5.74) is 0.532. The predicted molar refractivity (Wildman–Crippen MR) is 281 cm³/mol. The number of piperidine rings is 2. The van der Waals surface area contributed by atoms with E-state index in [0.717, 1.165) is 116 Å². The normalized spacial score (nSPS) is 25.1. The zero-order valence-corrected chi connectivity index (χ0v) is 43.6. The Hall–Kier alpha value is -6.07. The molecule has 2 bridgehead atoms. The van der Waals surface area contributed by atoms with E-state index in [1.165, 1.54) is 12.1 Å². The second kappa shape index (κ2) is 22.1. The number of benzene rings is 3. The summed E-state index contributed by atoms with van der Waals surface area (Å²) in [6.07, 6.45) is 13.7. The summed E-state index contributed by atoms with van der Waals surface area (Å²) in [4.78, 5) is 88.7. The standard InChI is InChI=1S/C59H72F2N8O7/c60-48-18-15-39(33-49-44-11-4-5-12-45(44)54(72)65-64-49)32-47(48)57(75)68-30-28-67(29-31-68)50(70)34-38-19-26-66(27-20-38)36-59-23-21-58(22-24-59,37-76-59)63-55(73)52(40-8-2-1-3-9-40)62-53(71)46-14-6-13-43(51(46)61)42-10-7-25-69(35-42)56(74)41-16-17-41/h4-6,11-15,18,32,38,40-42,52H,1-3,7-10,16-17,19-31,33-37H2,(H,62,71)(H,63,73)(H,65,72)/t42?,52-,58?,59?/m1/s1. The van der Waals surface area contributed by atoms with Gasteiger partial charge in [0, 0.05) is 75.9 Å². The highest BCUT2D eigenvalue weighted by atomic mass is 19.1. The number of carbonyl (C=O) groups excluding carboxylic acids is 5. The summed E-state index contributed by atoms with van der Waals surface area (Å²) in [5, 5.41) is 14.4. The molecule has 76 heavy (non-hydrogen) atoms. The maximum Gasteiger partial charge on any atom is 0.272 e. The number of aromatic nitrogens is 2. The lowest BCUT2D eigenvalue weighted by molar-refractivity contribution is -0.176. The van der Waals surface area contributed by atoms with Gasteiger partial charge in [-0.3, -0.25) is 28.8 Å². The van der Waals surface area contributed by atoms with Gasteiger partial charge in [0.05, 0.1) is 40.0 Å². The SMILES string of the molecule is O=C(N[C@@H](C(=O)NC12CCC(CN3CCC(CC(=O)N4CCN(C(=O)c5cc(Cc6n[nH]c(=O)c7ccccc67)ccc5F)CC4)CC3)(CC1)OC2)C1CCCCC1)c1cccc(C2CCCN(C(=O)C3CC3)C2)c1F. The first-order chi connectivity index (χ1) is 36.8. The van der Waals surface area contributed by atoms with Gasteiger partial charge in [-0.05, 0) is 137 Å². The summed E-state index contributed by atoms with van der Waals surface area (Å²) in [7, 11) is 0. The van der Waals surface area contributed by atoms with Crippen LogP contribution in [0.1, 0.15) is 146 Å². The van der Waals surface area contributed by atoms with Crippen LogP contribution in [-0.2, 0) is 25.5 Å². The molecule has 12 rings (SSSR count). The van der Waals surface area contributed by atoms with Crippen molar-refractivity contribution < 1.29 is 37.5 Å². The molecule has 404 valence electrons. The number of fused-ring (bicyclic) bond motifs is 4. The van der Waals surface area contributed by atoms with Crippen molar-refractivity contribution >= 4 is 40.3 Å². The fraction of sp³-hybridized carbons (Fsp3) is 0.576. The number of halogens is 2. The second-order valence-corrected chi connectivity index (χ2v) is 23.3. The first-order valence-corrected chi connectivity index (χ1v) is 28.2. The number of hydrogen-bond acceptors (Lipinski definition) is 9. The Labute approximate surface area is 442 Å². The molecule has 2 atom stereocenters. The van der Waals surface area contributed by atoms with Gasteiger partial charge in [-0.15, -0.1) is 0 Å². The Morgan fingerprint density at radius 1 is 0.750 bits per heavy atom. The average molecular weight is 1040 g/mol. The number of ether oxygens (including phenoxy) is 1. The summed E-state index contributed by atoms with van der Waals surface area (Å²) in [6, 6.07) is 15.8. The van der Waals surface area contributed by atoms with Crippen molar-refractivity contribution in [1.29, 1.82) is 0 Å². The molecule has 3 N–H and O–H groups in total. The van der Waals surface area contributed by atoms with Crippen LogP contribution in [0.5, 0.6) is 0 Å². The third-order valence-electron chi connectivity index (χ3n) is 18.2. The fourth-order valence-corrected chi connectivity index (χ4v) is 13.4. The number of nitrogens with one attached hydrogen (secondary N) is 3. The zero-order chi connectivity index (χ0) is 52.6. The molecule has 6 heterocycles. The Bertz CT molecular complexity index is 2880. The number of H-pyrrole nitrogens is 1. The molecule has 0 spiro atoms. The van der Waals surface area contributed by atoms with Crippen LogP contribution in [0.15, 0.2) is 65.5 Å². The summed E-state index contributed by atoms with van der Waals surface area (Å²) < 4.78 is 38.2. The lowest BCUT2D eigenvalue weighted by Gasteiger charge is -2.55. The molecule has 1 unspecified atom stereocenters. The van der Waals surface area contributed by atoms with Crippen molar-refractivity contribution in [3.8, 4) is 0 Å². The van der Waals surface area contributed by atoms with Crippen molar-refractivity contribution in [2.45, 2.75) is 132 Å². The largest absolute Gasteiger partial charge is 0.371 e. The van der Waals surface area contributed by atoms with Crippen molar-refractivity contribution in [3.05, 3.63) is 111 Å². The highest BCUT2D eigenvalue weighted by molar-refractivity contribution is 5.98. The number of piperazine rings is 1. The molecule has 4 aromatic rings. The minimum Gasteiger partial charge on any atom is -0.371 e. The van der Waals surface area contributed by atoms with E-state index in [1.54, 1.807) is 41.3 Å². The quantitative estimate of drug-likeness (QED) is 0.122. The molecule has 3 saturated carbocycles. The number of amides is 5. The molecule has 17 heteroatoms. The molecule has 5 saturated heterocycles. The average Bonchev–Trinajstić information content (AvgIpc) is 4.33. The minimum atomic E-state index is -0.801. The molecule has 1 aromatic heterocycles. The fourth-order valence-electron chi connectivity index (χ4n) is 13.4. The van der Waals surface area contributed by atoms with Gasteiger partial charge in [-0.25, -0.2) is 13.9 Å². The number of rotatable bonds is 14. The van der Waals surface area contributed by atoms with E-state index in [4.69, 9.17) is 4.74 Å². The maximum absolute atomic E-state index is 16.4. The van der Waals surface area contributed by atoms with Gasteiger partial charge < -0.3 is 35.0 Å². The molecule has 0 radical (unpaired) electrons. The van der Waals surface area contributed by atoms with E-state index in [9.17, 15) is 28.8 Å². The van der Waals surface area contributed by atoms with Crippen molar-refractivity contribution in [2.24, 2.45) is 17.8 Å². The maximum atomic E-state index is 16.4. The molecule has 5 aliphatic heterocycles. The number of hydrogen-bond donors (Lipinski definition) is 3. The van der Waals surface area contributed by atoms with Crippen LogP contribution in [0.4, 0.5) is 8.78 Å². The second-order valence-electron chi connectivity index (χ2n) is 23.3. The van der Waals surface area contributed by atoms with Crippen LogP contribution >= 0.6 is 0 Å². The molecular formula is C59H72F2N8O7. The smallest absolute Gasteiger partial charge is 0.272 e. The number of likely N-dealkylation sites (tertiary alicyclic amines) is 2. The summed E-state index contributed by atoms with van der Waals surface area (Å²) in [6.45, 7) is 5.43. The first-order valence-electron chi connectivity index (χ1n) is 28.2. The molecule has 5 amide bonds. The van der Waals surface area contributed by atoms with E-state index in [0.29, 0.717) is 86.3 Å². The van der Waals surface area contributed by atoms with Gasteiger partial charge in [0.25, 0.3) is 17.4 Å². The summed E-state index contributed by atoms with van der Waals surface area (Å²) >= 11 is 0. The molecule has 8 fully saturated rings. The molecular weight excluding hydrogens is 971 g/mol. The topological polar surface area (TPSA) is 177 Å². The van der Waals surface area contributed by atoms with E-state index in [1.807, 2.05) is 21.9 Å². The Morgan fingerprint density at radius 2 is 1.49 bits per heavy atom. The van der Waals surface area contributed by atoms with Gasteiger partial charge in [-0.1, -0.05) is 55.7 Å². The van der Waals surface area contributed by atoms with Crippen LogP contribution in [0.25, 0.3) is 10.8 Å². The molecule has 8 aliphatic rings. The van der Waals surface area contributed by atoms with Gasteiger partial charge in [0.1, 0.15) is 17.7 Å². The molecule has 3 aliphatic carbocycles. The third-order valence-corrected chi connectivity index (χ3v) is 18.2. The van der Waals surface area contributed by atoms with Crippen molar-refractivity contribution in [2.75, 3.05) is 65.5 Å². The van der Waals surface area contributed by atoms with Crippen LogP contribution in [0.2, 0.25) is 0 Å². The number of nitrogens with zero attached hydrogens (tertiary/aromatic N) is 5. The Kier molecular flexibility index (Phi) is 15.1. The highest BCUT2D eigenvalue weighted by Gasteiger charge is 2.52. The van der Waals surface area contributed by atoms with E-state index in [2.05, 4.69) is 25.7 Å². The van der Waals surface area contributed by atoms with Gasteiger partial charge in [0.15, 0.2) is 0 Å². The number of aromatic amines is 1. The summed E-state index contributed by atoms with van der Waals surface area (Å²) in [5.74, 6) is -2.07. The van der Waals surface area contributed by atoms with Crippen LogP contribution < -0.4 is 16.2 Å². The van der Waals surface area contributed by atoms with Crippen LogP contribution in [0.3, 0.4) is 0 Å². The lowest BCUT2D eigenvalue weighted by atomic mass is 9.70. The molecule has 3 aromatic carbocycles. The predicted octanol–water partition coefficient (Wildman–Crippen LogP) is 6.87. The molecule has 15 nitrogen and oxygen atoms in total. The number of carbonyl (C=O) groups is 5. The highest BCUT2D eigenvalue weighted by Crippen LogP contribution is 2.45. The monoisotopic (exact) mass is 1040 g/mol. The Balaban J connectivity index is 0.634. The van der Waals surface area contributed by atoms with Gasteiger partial charge >= 0.3 is 0 Å². The van der Waals surface area contributed by atoms with Gasteiger partial charge in [-0.2, -0.15) is 5.10 Å². The van der Waals surface area contributed by atoms with E-state index in [-0.39, 0.29) is 63.7 Å². The lowest BCUT2D eigenvalue weighted by Crippen LogP contribution is -2.67. The minimum absolute atomic E-state index is 0.0275.